The summed E-state index contributed by atoms with van der Waals surface area (Å²) in [7, 11) is 0. The quantitative estimate of drug-likeness (QED) is 0.113. The van der Waals surface area contributed by atoms with E-state index in [-0.39, 0.29) is 0 Å². The highest BCUT2D eigenvalue weighted by molar-refractivity contribution is 6.23. The van der Waals surface area contributed by atoms with E-state index in [2.05, 4.69) is 342 Å². The monoisotopic (exact) mass is 1060 g/mol. The number of para-hydroxylation sites is 6. The molecule has 0 aliphatic heterocycles. The van der Waals surface area contributed by atoms with Crippen LogP contribution in [0.15, 0.2) is 321 Å². The van der Waals surface area contributed by atoms with Crippen molar-refractivity contribution in [1.29, 1.82) is 0 Å². The van der Waals surface area contributed by atoms with Gasteiger partial charge in [0.2, 0.25) is 0 Å². The average Bonchev–Trinajstić information content (AvgIpc) is 3.68. The molecule has 13 aromatic carbocycles. The summed E-state index contributed by atoms with van der Waals surface area (Å²) in [5.41, 5.74) is 18.2. The van der Waals surface area contributed by atoms with Gasteiger partial charge >= 0.3 is 0 Å². The van der Waals surface area contributed by atoms with E-state index in [9.17, 15) is 0 Å². The molecule has 13 aromatic rings. The van der Waals surface area contributed by atoms with Crippen LogP contribution in [0, 0.1) is 5.92 Å². The SMILES string of the molecule is C1=CCC2C=c3c(cc(-c4ccc(-c5c6ccc(N(c7ccccc7)c7ccccc7)cc6c(-c6ccc(N(c7ccccc7)c7ccccc7)cc6)c6ccc(N(c7ccccc7)c7ccccc7)cc56)cc4)c4ccccc34)=CC2=C1. The summed E-state index contributed by atoms with van der Waals surface area (Å²) in [5.74, 6) is 0.407. The third-order valence-corrected chi connectivity index (χ3v) is 16.6. The molecular weight excluding hydrogens is 1000 g/mol. The Balaban J connectivity index is 0.989. The van der Waals surface area contributed by atoms with Gasteiger partial charge in [-0.1, -0.05) is 212 Å². The summed E-state index contributed by atoms with van der Waals surface area (Å²) in [5, 5.41) is 9.84. The van der Waals surface area contributed by atoms with Crippen molar-refractivity contribution < 1.29 is 0 Å². The van der Waals surface area contributed by atoms with Crippen molar-refractivity contribution in [3.63, 3.8) is 0 Å². The fourth-order valence-corrected chi connectivity index (χ4v) is 12.8. The third kappa shape index (κ3) is 9.15. The lowest BCUT2D eigenvalue weighted by Crippen LogP contribution is -2.31. The molecule has 0 amide bonds. The summed E-state index contributed by atoms with van der Waals surface area (Å²) in [4.78, 5) is 7.09. The normalized spacial score (nSPS) is 13.3. The maximum atomic E-state index is 2.49. The molecule has 83 heavy (non-hydrogen) atoms. The standard InChI is InChI=1S/C80H57N3/c1-7-25-62(26-8-1)81(63-27-9-2-10-28-63)68-45-43-58(44-46-68)80-74-50-48-69(82(64-29-11-3-12-30-64)65-31-13-4-14-32-65)54-77(74)79(73-49-47-70(55-78(73)80)83(66-33-15-5-16-34-66)67-35-17-6-18-36-67)57-41-39-56(40-42-57)75-53-61-51-59-23-19-20-24-60(59)52-76(61)72-38-22-21-37-71(72)75/h1-23,25-55,60H,24H2. The van der Waals surface area contributed by atoms with Gasteiger partial charge in [-0.2, -0.15) is 0 Å². The van der Waals surface area contributed by atoms with Gasteiger partial charge < -0.3 is 14.7 Å². The van der Waals surface area contributed by atoms with Gasteiger partial charge in [-0.15, -0.1) is 0 Å². The Hall–Kier alpha value is -10.7. The van der Waals surface area contributed by atoms with E-state index in [0.29, 0.717) is 5.92 Å². The molecular formula is C80H57N3. The van der Waals surface area contributed by atoms with Crippen LogP contribution >= 0.6 is 0 Å². The third-order valence-electron chi connectivity index (χ3n) is 16.6. The molecule has 1 atom stereocenters. The Labute approximate surface area is 484 Å². The minimum Gasteiger partial charge on any atom is -0.311 e. The molecule has 0 fully saturated rings. The zero-order chi connectivity index (χ0) is 55.1. The van der Waals surface area contributed by atoms with Crippen LogP contribution in [0.25, 0.3) is 77.9 Å². The molecule has 0 N–H and O–H groups in total. The fraction of sp³-hybridized carbons (Fsp3) is 0.0250. The highest BCUT2D eigenvalue weighted by atomic mass is 15.2. The minimum atomic E-state index is 0.407. The first-order valence-corrected chi connectivity index (χ1v) is 28.8. The second kappa shape index (κ2) is 21.4. The maximum Gasteiger partial charge on any atom is 0.0468 e. The zero-order valence-corrected chi connectivity index (χ0v) is 45.8. The van der Waals surface area contributed by atoms with Crippen molar-refractivity contribution in [1.82, 2.24) is 0 Å². The molecule has 0 bridgehead atoms. The van der Waals surface area contributed by atoms with Crippen molar-refractivity contribution in [3.05, 3.63) is 331 Å². The van der Waals surface area contributed by atoms with E-state index < -0.39 is 0 Å². The van der Waals surface area contributed by atoms with Crippen LogP contribution in [0.3, 0.4) is 0 Å². The van der Waals surface area contributed by atoms with Crippen LogP contribution < -0.4 is 25.1 Å². The first-order chi connectivity index (χ1) is 41.2. The Morgan fingerprint density at radius 2 is 0.651 bits per heavy atom. The van der Waals surface area contributed by atoms with E-state index in [1.54, 1.807) is 0 Å². The Kier molecular flexibility index (Phi) is 12.7. The van der Waals surface area contributed by atoms with Crippen molar-refractivity contribution in [2.75, 3.05) is 14.7 Å². The minimum absolute atomic E-state index is 0.407. The van der Waals surface area contributed by atoms with Crippen LogP contribution in [-0.2, 0) is 0 Å². The predicted molar refractivity (Wildman–Crippen MR) is 353 cm³/mol. The van der Waals surface area contributed by atoms with Gasteiger partial charge in [0.1, 0.15) is 0 Å². The number of fused-ring (bicyclic) bond motifs is 6. The molecule has 15 rings (SSSR count). The molecule has 3 heteroatoms. The van der Waals surface area contributed by atoms with E-state index >= 15 is 0 Å². The lowest BCUT2D eigenvalue weighted by Gasteiger charge is -2.28. The predicted octanol–water partition coefficient (Wildman–Crippen LogP) is 20.6. The maximum absolute atomic E-state index is 2.49. The molecule has 0 saturated heterocycles. The van der Waals surface area contributed by atoms with Gasteiger partial charge in [0.15, 0.2) is 0 Å². The summed E-state index contributed by atoms with van der Waals surface area (Å²) in [6.45, 7) is 0. The highest BCUT2D eigenvalue weighted by Crippen LogP contribution is 2.49. The van der Waals surface area contributed by atoms with E-state index in [4.69, 9.17) is 0 Å². The van der Waals surface area contributed by atoms with Gasteiger partial charge in [-0.3, -0.25) is 0 Å². The molecule has 0 radical (unpaired) electrons. The first kappa shape index (κ1) is 49.3. The second-order valence-corrected chi connectivity index (χ2v) is 21.6. The fourth-order valence-electron chi connectivity index (χ4n) is 12.8. The highest BCUT2D eigenvalue weighted by Gasteiger charge is 2.24. The smallest absolute Gasteiger partial charge is 0.0468 e. The molecule has 2 aliphatic rings. The number of nitrogens with zero attached hydrogens (tertiary/aromatic N) is 3. The molecule has 0 aromatic heterocycles. The molecule has 0 spiro atoms. The Morgan fingerprint density at radius 3 is 1.10 bits per heavy atom. The average molecular weight is 1060 g/mol. The van der Waals surface area contributed by atoms with Crippen LogP contribution in [0.1, 0.15) is 6.42 Å². The van der Waals surface area contributed by atoms with E-state index in [1.807, 2.05) is 0 Å². The molecule has 2 aliphatic carbocycles. The summed E-state index contributed by atoms with van der Waals surface area (Å²) < 4.78 is 0. The van der Waals surface area contributed by atoms with Crippen LogP contribution in [0.5, 0.6) is 0 Å². The lowest BCUT2D eigenvalue weighted by atomic mass is 9.83. The van der Waals surface area contributed by atoms with Gasteiger partial charge in [0.25, 0.3) is 0 Å². The number of rotatable bonds is 12. The summed E-state index contributed by atoms with van der Waals surface area (Å²) in [6.07, 6.45) is 12.7. The lowest BCUT2D eigenvalue weighted by molar-refractivity contribution is 0.831. The summed E-state index contributed by atoms with van der Waals surface area (Å²) >= 11 is 0. The van der Waals surface area contributed by atoms with Gasteiger partial charge in [-0.05, 0) is 203 Å². The van der Waals surface area contributed by atoms with Crippen LogP contribution in [-0.4, -0.2) is 0 Å². The number of anilines is 9. The molecule has 0 heterocycles. The van der Waals surface area contributed by atoms with Gasteiger partial charge in [0.05, 0.1) is 0 Å². The number of allylic oxidation sites excluding steroid dienone is 4. The van der Waals surface area contributed by atoms with Gasteiger partial charge in [-0.25, -0.2) is 0 Å². The van der Waals surface area contributed by atoms with E-state index in [0.717, 1.165) is 79.5 Å². The topological polar surface area (TPSA) is 9.72 Å². The molecule has 1 unspecified atom stereocenters. The van der Waals surface area contributed by atoms with Crippen molar-refractivity contribution >= 4 is 95.7 Å². The number of hydrogen-bond donors (Lipinski definition) is 0. The molecule has 3 nitrogen and oxygen atoms in total. The zero-order valence-electron chi connectivity index (χ0n) is 45.8. The van der Waals surface area contributed by atoms with E-state index in [1.165, 1.54) is 59.8 Å². The first-order valence-electron chi connectivity index (χ1n) is 28.8. The Bertz CT molecular complexity index is 4600. The van der Waals surface area contributed by atoms with Crippen molar-refractivity contribution in [2.45, 2.75) is 6.42 Å². The van der Waals surface area contributed by atoms with Crippen LogP contribution in [0.4, 0.5) is 51.2 Å². The largest absolute Gasteiger partial charge is 0.311 e. The van der Waals surface area contributed by atoms with Crippen molar-refractivity contribution in [3.8, 4) is 33.4 Å². The summed E-state index contributed by atoms with van der Waals surface area (Å²) in [6, 6.07) is 109. The number of benzene rings is 13. The Morgan fingerprint density at radius 1 is 0.289 bits per heavy atom. The van der Waals surface area contributed by atoms with Gasteiger partial charge in [0, 0.05) is 57.1 Å². The molecule has 0 saturated carbocycles. The van der Waals surface area contributed by atoms with Crippen molar-refractivity contribution in [2.24, 2.45) is 5.92 Å². The molecule has 392 valence electrons. The second-order valence-electron chi connectivity index (χ2n) is 21.6. The van der Waals surface area contributed by atoms with Crippen LogP contribution in [0.2, 0.25) is 0 Å². The number of hydrogen-bond acceptors (Lipinski definition) is 3.